The Kier molecular flexibility index (Phi) is 3.89. The first-order valence-corrected chi connectivity index (χ1v) is 4.80. The Morgan fingerprint density at radius 3 is 2.69 bits per heavy atom. The molecule has 1 heterocycles. The average molecular weight is 303 g/mol. The zero-order valence-corrected chi connectivity index (χ0v) is 9.31. The van der Waals surface area contributed by atoms with Crippen LogP contribution in [0.3, 0.4) is 0 Å². The summed E-state index contributed by atoms with van der Waals surface area (Å²) in [6, 6.07) is 0. The highest BCUT2D eigenvalue weighted by Crippen LogP contribution is 2.25. The lowest BCUT2D eigenvalue weighted by atomic mass is 10.3. The van der Waals surface area contributed by atoms with Crippen molar-refractivity contribution in [2.24, 2.45) is 0 Å². The SMILES string of the molecule is Nc1ncc(Br)c(NCC(F)(F)C(F)F)n1. The second kappa shape index (κ2) is 4.81. The Morgan fingerprint density at radius 2 is 2.12 bits per heavy atom. The van der Waals surface area contributed by atoms with Crippen LogP contribution >= 0.6 is 15.9 Å². The van der Waals surface area contributed by atoms with Gasteiger partial charge >= 0.3 is 12.3 Å². The van der Waals surface area contributed by atoms with Gasteiger partial charge in [0.2, 0.25) is 5.95 Å². The molecule has 0 bridgehead atoms. The van der Waals surface area contributed by atoms with Crippen LogP contribution in [-0.2, 0) is 0 Å². The minimum absolute atomic E-state index is 0.0622. The van der Waals surface area contributed by atoms with Crippen LogP contribution in [0.25, 0.3) is 0 Å². The van der Waals surface area contributed by atoms with Gasteiger partial charge in [-0.25, -0.2) is 13.8 Å². The summed E-state index contributed by atoms with van der Waals surface area (Å²) in [4.78, 5) is 7.13. The molecule has 0 saturated heterocycles. The topological polar surface area (TPSA) is 63.8 Å². The number of anilines is 2. The van der Waals surface area contributed by atoms with E-state index < -0.39 is 18.9 Å². The average Bonchev–Trinajstić information content (AvgIpc) is 2.19. The molecular formula is C7H7BrF4N4. The molecule has 0 radical (unpaired) electrons. The van der Waals surface area contributed by atoms with E-state index in [4.69, 9.17) is 5.73 Å². The molecular weight excluding hydrogens is 296 g/mol. The van der Waals surface area contributed by atoms with Gasteiger partial charge in [0.15, 0.2) is 0 Å². The Morgan fingerprint density at radius 1 is 1.50 bits per heavy atom. The molecule has 9 heteroatoms. The zero-order chi connectivity index (χ0) is 12.3. The summed E-state index contributed by atoms with van der Waals surface area (Å²) in [6.45, 7) is -1.24. The fraction of sp³-hybridized carbons (Fsp3) is 0.429. The van der Waals surface area contributed by atoms with E-state index in [0.717, 1.165) is 0 Å². The van der Waals surface area contributed by atoms with Gasteiger partial charge in [0.1, 0.15) is 5.82 Å². The quantitative estimate of drug-likeness (QED) is 0.837. The van der Waals surface area contributed by atoms with Gasteiger partial charge in [-0.3, -0.25) is 0 Å². The number of hydrogen-bond acceptors (Lipinski definition) is 4. The van der Waals surface area contributed by atoms with Crippen molar-refractivity contribution in [2.45, 2.75) is 12.3 Å². The summed E-state index contributed by atoms with van der Waals surface area (Å²) in [5.74, 6) is -4.34. The van der Waals surface area contributed by atoms with Crippen LogP contribution < -0.4 is 11.1 Å². The van der Waals surface area contributed by atoms with Crippen LogP contribution in [0.4, 0.5) is 29.3 Å². The largest absolute Gasteiger partial charge is 0.368 e. The minimum Gasteiger partial charge on any atom is -0.368 e. The molecule has 0 fully saturated rings. The predicted molar refractivity (Wildman–Crippen MR) is 53.6 cm³/mol. The highest BCUT2D eigenvalue weighted by atomic mass is 79.9. The molecule has 0 atom stereocenters. The van der Waals surface area contributed by atoms with Crippen molar-refractivity contribution < 1.29 is 17.6 Å². The van der Waals surface area contributed by atoms with Crippen molar-refractivity contribution in [3.63, 3.8) is 0 Å². The first-order valence-electron chi connectivity index (χ1n) is 4.01. The maximum atomic E-state index is 12.6. The molecule has 1 aromatic rings. The van der Waals surface area contributed by atoms with Gasteiger partial charge in [0.05, 0.1) is 11.0 Å². The third-order valence-corrected chi connectivity index (χ3v) is 2.15. The summed E-state index contributed by atoms with van der Waals surface area (Å²) in [7, 11) is 0. The van der Waals surface area contributed by atoms with Crippen LogP contribution in [0.2, 0.25) is 0 Å². The van der Waals surface area contributed by atoms with Gasteiger partial charge in [-0.1, -0.05) is 0 Å². The van der Waals surface area contributed by atoms with Crippen LogP contribution in [0, 0.1) is 0 Å². The fourth-order valence-corrected chi connectivity index (χ4v) is 1.11. The highest BCUT2D eigenvalue weighted by molar-refractivity contribution is 9.10. The Bertz CT molecular complexity index is 373. The molecule has 0 spiro atoms. The zero-order valence-electron chi connectivity index (χ0n) is 7.72. The van der Waals surface area contributed by atoms with Gasteiger partial charge in [0.25, 0.3) is 0 Å². The molecule has 0 saturated carbocycles. The Hall–Kier alpha value is -1.12. The first kappa shape index (κ1) is 12.9. The summed E-state index contributed by atoms with van der Waals surface area (Å²) < 4.78 is 49.1. The molecule has 90 valence electrons. The number of halogens is 5. The number of rotatable bonds is 4. The van der Waals surface area contributed by atoms with Crippen LogP contribution in [-0.4, -0.2) is 28.9 Å². The second-order valence-electron chi connectivity index (χ2n) is 2.84. The fourth-order valence-electron chi connectivity index (χ4n) is 0.783. The summed E-state index contributed by atoms with van der Waals surface area (Å²) in [5.41, 5.74) is 5.21. The van der Waals surface area contributed by atoms with E-state index in [1.807, 2.05) is 0 Å². The van der Waals surface area contributed by atoms with Crippen molar-refractivity contribution in [2.75, 3.05) is 17.6 Å². The lowest BCUT2D eigenvalue weighted by molar-refractivity contribution is -0.117. The molecule has 16 heavy (non-hydrogen) atoms. The van der Waals surface area contributed by atoms with E-state index in [0.29, 0.717) is 0 Å². The number of nitrogens with one attached hydrogen (secondary N) is 1. The maximum absolute atomic E-state index is 12.6. The predicted octanol–water partition coefficient (Wildman–Crippen LogP) is 2.13. The molecule has 1 rings (SSSR count). The normalized spacial score (nSPS) is 11.9. The van der Waals surface area contributed by atoms with Crippen molar-refractivity contribution >= 4 is 27.7 Å². The first-order chi connectivity index (χ1) is 7.33. The Labute approximate surface area is 96.4 Å². The second-order valence-corrected chi connectivity index (χ2v) is 3.69. The molecule has 0 aromatic carbocycles. The van der Waals surface area contributed by atoms with Gasteiger partial charge in [-0.2, -0.15) is 13.8 Å². The summed E-state index contributed by atoms with van der Waals surface area (Å²) in [6.07, 6.45) is -2.51. The van der Waals surface area contributed by atoms with Crippen LogP contribution in [0.15, 0.2) is 10.7 Å². The van der Waals surface area contributed by atoms with E-state index in [1.165, 1.54) is 6.20 Å². The number of nitrogens with zero attached hydrogens (tertiary/aromatic N) is 2. The smallest absolute Gasteiger partial charge is 0.324 e. The molecule has 3 N–H and O–H groups in total. The van der Waals surface area contributed by atoms with E-state index in [9.17, 15) is 17.6 Å². The van der Waals surface area contributed by atoms with Crippen molar-refractivity contribution in [1.82, 2.24) is 9.97 Å². The third kappa shape index (κ3) is 3.19. The molecule has 0 unspecified atom stereocenters. The minimum atomic E-state index is -4.13. The molecule has 4 nitrogen and oxygen atoms in total. The van der Waals surface area contributed by atoms with E-state index in [-0.39, 0.29) is 16.2 Å². The molecule has 1 aromatic heterocycles. The van der Waals surface area contributed by atoms with E-state index >= 15 is 0 Å². The van der Waals surface area contributed by atoms with Crippen LogP contribution in [0.1, 0.15) is 0 Å². The van der Waals surface area contributed by atoms with Gasteiger partial charge in [0, 0.05) is 6.20 Å². The molecule has 0 aliphatic carbocycles. The summed E-state index contributed by atoms with van der Waals surface area (Å²) >= 11 is 2.96. The van der Waals surface area contributed by atoms with Crippen molar-refractivity contribution in [1.29, 1.82) is 0 Å². The maximum Gasteiger partial charge on any atom is 0.324 e. The monoisotopic (exact) mass is 302 g/mol. The van der Waals surface area contributed by atoms with Crippen molar-refractivity contribution in [3.8, 4) is 0 Å². The number of nitrogens with two attached hydrogens (primary N) is 1. The Balaban J connectivity index is 2.71. The number of hydrogen-bond donors (Lipinski definition) is 2. The lowest BCUT2D eigenvalue weighted by Crippen LogP contribution is -2.35. The van der Waals surface area contributed by atoms with Crippen LogP contribution in [0.5, 0.6) is 0 Å². The van der Waals surface area contributed by atoms with Gasteiger partial charge in [-0.05, 0) is 15.9 Å². The van der Waals surface area contributed by atoms with Gasteiger partial charge in [-0.15, -0.1) is 0 Å². The summed E-state index contributed by atoms with van der Waals surface area (Å²) in [5, 5.41) is 2.07. The van der Waals surface area contributed by atoms with E-state index in [2.05, 4.69) is 31.2 Å². The van der Waals surface area contributed by atoms with E-state index in [1.54, 1.807) is 0 Å². The molecule has 0 amide bonds. The third-order valence-electron chi connectivity index (χ3n) is 1.57. The molecule has 0 aliphatic rings. The van der Waals surface area contributed by atoms with Gasteiger partial charge < -0.3 is 11.1 Å². The molecule has 0 aliphatic heterocycles. The standard InChI is InChI=1S/C7H7BrF4N4/c8-3-1-14-6(13)16-4(3)15-2-7(11,12)5(9)10/h1,5H,2H2,(H3,13,14,15,16). The lowest BCUT2D eigenvalue weighted by Gasteiger charge is -2.16. The number of aromatic nitrogens is 2. The van der Waals surface area contributed by atoms with Crippen molar-refractivity contribution in [3.05, 3.63) is 10.7 Å². The number of alkyl halides is 4. The highest BCUT2D eigenvalue weighted by Gasteiger charge is 2.40. The number of nitrogen functional groups attached to an aromatic ring is 1.